The van der Waals surface area contributed by atoms with Crippen molar-refractivity contribution in [3.63, 3.8) is 0 Å². The van der Waals surface area contributed by atoms with E-state index < -0.39 is 5.60 Å². The second kappa shape index (κ2) is 11.4. The van der Waals surface area contributed by atoms with Crippen molar-refractivity contribution in [2.24, 2.45) is 0 Å². The molecule has 0 radical (unpaired) electrons. The largest absolute Gasteiger partial charge is 0.497 e. The van der Waals surface area contributed by atoms with Crippen LogP contribution in [0.1, 0.15) is 44.0 Å². The molecule has 0 saturated carbocycles. The van der Waals surface area contributed by atoms with Gasteiger partial charge in [0.15, 0.2) is 0 Å². The molecule has 7 nitrogen and oxygen atoms in total. The maximum Gasteiger partial charge on any atom is 0.410 e. The average molecular weight is 503 g/mol. The number of carbonyl (C=O) groups is 2. The van der Waals surface area contributed by atoms with Crippen LogP contribution in [0.5, 0.6) is 11.5 Å². The molecule has 1 N–H and O–H groups in total. The Morgan fingerprint density at radius 2 is 1.62 bits per heavy atom. The first-order chi connectivity index (χ1) is 17.7. The van der Waals surface area contributed by atoms with Crippen molar-refractivity contribution < 1.29 is 23.8 Å². The Hall–Kier alpha value is -4.00. The maximum atomic E-state index is 13.3. The van der Waals surface area contributed by atoms with Crippen molar-refractivity contribution >= 4 is 17.7 Å². The van der Waals surface area contributed by atoms with E-state index in [1.807, 2.05) is 87.5 Å². The molecular weight excluding hydrogens is 468 g/mol. The van der Waals surface area contributed by atoms with Crippen molar-refractivity contribution in [3.8, 4) is 22.6 Å². The highest BCUT2D eigenvalue weighted by atomic mass is 16.6. The maximum absolute atomic E-state index is 13.3. The van der Waals surface area contributed by atoms with Crippen molar-refractivity contribution in [2.45, 2.75) is 45.3 Å². The van der Waals surface area contributed by atoms with E-state index in [0.717, 1.165) is 11.1 Å². The minimum atomic E-state index is -0.512. The summed E-state index contributed by atoms with van der Waals surface area (Å²) in [6, 6.07) is 22.6. The Bertz CT molecular complexity index is 1230. The van der Waals surface area contributed by atoms with Crippen molar-refractivity contribution in [2.75, 3.05) is 25.5 Å². The van der Waals surface area contributed by atoms with Crippen LogP contribution >= 0.6 is 0 Å². The summed E-state index contributed by atoms with van der Waals surface area (Å²) in [6.45, 7) is 6.75. The van der Waals surface area contributed by atoms with Gasteiger partial charge in [0.2, 0.25) is 0 Å². The summed E-state index contributed by atoms with van der Waals surface area (Å²) in [5.74, 6) is 1.04. The fraction of sp³-hybridized carbons (Fsp3) is 0.333. The highest BCUT2D eigenvalue weighted by Gasteiger charge is 2.27. The zero-order chi connectivity index (χ0) is 26.4. The van der Waals surface area contributed by atoms with Crippen molar-refractivity contribution in [1.82, 2.24) is 4.90 Å². The molecule has 0 aromatic heterocycles. The van der Waals surface area contributed by atoms with Crippen LogP contribution in [-0.2, 0) is 4.74 Å². The van der Waals surface area contributed by atoms with E-state index in [1.54, 1.807) is 18.1 Å². The lowest BCUT2D eigenvalue weighted by atomic mass is 9.98. The molecule has 37 heavy (non-hydrogen) atoms. The molecule has 3 aromatic carbocycles. The summed E-state index contributed by atoms with van der Waals surface area (Å²) >= 11 is 0. The number of anilines is 1. The van der Waals surface area contributed by atoms with E-state index in [0.29, 0.717) is 48.7 Å². The number of nitrogens with one attached hydrogen (secondary N) is 1. The summed E-state index contributed by atoms with van der Waals surface area (Å²) in [7, 11) is 1.58. The second-order valence-electron chi connectivity index (χ2n) is 10.0. The summed E-state index contributed by atoms with van der Waals surface area (Å²) in [4.78, 5) is 27.4. The molecule has 0 spiro atoms. The number of likely N-dealkylation sites (tertiary alicyclic amines) is 1. The van der Waals surface area contributed by atoms with Gasteiger partial charge in [-0.3, -0.25) is 4.79 Å². The minimum Gasteiger partial charge on any atom is -0.497 e. The molecule has 1 heterocycles. The number of carbonyl (C=O) groups excluding carboxylic acids is 2. The van der Waals surface area contributed by atoms with E-state index in [9.17, 15) is 9.59 Å². The van der Waals surface area contributed by atoms with Gasteiger partial charge in [0.1, 0.15) is 23.2 Å². The molecule has 3 aromatic rings. The van der Waals surface area contributed by atoms with Gasteiger partial charge >= 0.3 is 6.09 Å². The Balaban J connectivity index is 1.41. The predicted molar refractivity (Wildman–Crippen MR) is 144 cm³/mol. The summed E-state index contributed by atoms with van der Waals surface area (Å²) < 4.78 is 17.0. The van der Waals surface area contributed by atoms with Gasteiger partial charge in [-0.25, -0.2) is 4.79 Å². The van der Waals surface area contributed by atoms with Crippen LogP contribution in [0.25, 0.3) is 11.1 Å². The fourth-order valence-corrected chi connectivity index (χ4v) is 4.23. The SMILES string of the molecule is COc1ccc(-c2ccccc2)c(C(=O)Nc2cccc(OC3CCN(C(=O)OC(C)(C)C)CC3)c2)c1. The normalized spacial score (nSPS) is 14.1. The van der Waals surface area contributed by atoms with Crippen LogP contribution < -0.4 is 14.8 Å². The molecule has 1 fully saturated rings. The number of nitrogens with zero attached hydrogens (tertiary/aromatic N) is 1. The first kappa shape index (κ1) is 26.1. The first-order valence-corrected chi connectivity index (χ1v) is 12.5. The molecule has 1 saturated heterocycles. The van der Waals surface area contributed by atoms with E-state index in [-0.39, 0.29) is 18.1 Å². The van der Waals surface area contributed by atoms with Gasteiger partial charge in [-0.2, -0.15) is 0 Å². The molecule has 0 unspecified atom stereocenters. The summed E-state index contributed by atoms with van der Waals surface area (Å²) in [6.07, 6.45) is 1.11. The summed E-state index contributed by atoms with van der Waals surface area (Å²) in [5, 5.41) is 3.00. The average Bonchev–Trinajstić information content (AvgIpc) is 2.88. The van der Waals surface area contributed by atoms with Crippen LogP contribution in [0.2, 0.25) is 0 Å². The minimum absolute atomic E-state index is 0.0206. The third-order valence-electron chi connectivity index (χ3n) is 6.04. The molecule has 1 aliphatic heterocycles. The molecule has 0 aliphatic carbocycles. The molecule has 0 bridgehead atoms. The van der Waals surface area contributed by atoms with Crippen molar-refractivity contribution in [1.29, 1.82) is 0 Å². The van der Waals surface area contributed by atoms with E-state index in [1.165, 1.54) is 0 Å². The number of hydrogen-bond donors (Lipinski definition) is 1. The fourth-order valence-electron chi connectivity index (χ4n) is 4.23. The van der Waals surface area contributed by atoms with Crippen molar-refractivity contribution in [3.05, 3.63) is 78.4 Å². The smallest absolute Gasteiger partial charge is 0.410 e. The van der Waals surface area contributed by atoms with Crippen LogP contribution in [0, 0.1) is 0 Å². The Labute approximate surface area is 218 Å². The van der Waals surface area contributed by atoms with Gasteiger partial charge in [-0.15, -0.1) is 0 Å². The molecule has 2 amide bonds. The number of benzene rings is 3. The Morgan fingerprint density at radius 3 is 2.30 bits per heavy atom. The number of ether oxygens (including phenoxy) is 3. The lowest BCUT2D eigenvalue weighted by molar-refractivity contribution is 0.0126. The number of amides is 2. The number of piperidine rings is 1. The topological polar surface area (TPSA) is 77.1 Å². The molecule has 1 aliphatic rings. The van der Waals surface area contributed by atoms with E-state index >= 15 is 0 Å². The second-order valence-corrected chi connectivity index (χ2v) is 10.0. The molecule has 4 rings (SSSR count). The van der Waals surface area contributed by atoms with Gasteiger partial charge in [0, 0.05) is 37.7 Å². The standard InChI is InChI=1S/C30H34N2O5/c1-30(2,3)37-29(34)32-17-15-23(16-18-32)36-25-12-8-11-22(19-25)31-28(33)27-20-24(35-4)13-14-26(27)21-9-6-5-7-10-21/h5-14,19-20,23H,15-18H2,1-4H3,(H,31,33). The van der Waals surface area contributed by atoms with Gasteiger partial charge in [-0.05, 0) is 62.2 Å². The summed E-state index contributed by atoms with van der Waals surface area (Å²) in [5.41, 5.74) is 2.41. The zero-order valence-corrected chi connectivity index (χ0v) is 21.8. The zero-order valence-electron chi connectivity index (χ0n) is 21.8. The van der Waals surface area contributed by atoms with E-state index in [2.05, 4.69) is 5.32 Å². The first-order valence-electron chi connectivity index (χ1n) is 12.5. The number of methoxy groups -OCH3 is 1. The third-order valence-corrected chi connectivity index (χ3v) is 6.04. The molecule has 0 atom stereocenters. The number of hydrogen-bond acceptors (Lipinski definition) is 5. The van der Waals surface area contributed by atoms with Crippen LogP contribution in [-0.4, -0.2) is 48.8 Å². The van der Waals surface area contributed by atoms with Crippen LogP contribution in [0.15, 0.2) is 72.8 Å². The lowest BCUT2D eigenvalue weighted by Crippen LogP contribution is -2.44. The number of rotatable bonds is 6. The van der Waals surface area contributed by atoms with Crippen LogP contribution in [0.3, 0.4) is 0 Å². The van der Waals surface area contributed by atoms with Gasteiger partial charge < -0.3 is 24.4 Å². The lowest BCUT2D eigenvalue weighted by Gasteiger charge is -2.33. The van der Waals surface area contributed by atoms with Gasteiger partial charge in [0.25, 0.3) is 5.91 Å². The Morgan fingerprint density at radius 1 is 0.892 bits per heavy atom. The third kappa shape index (κ3) is 7.03. The highest BCUT2D eigenvalue weighted by Crippen LogP contribution is 2.29. The predicted octanol–water partition coefficient (Wildman–Crippen LogP) is 6.39. The quantitative estimate of drug-likeness (QED) is 0.422. The highest BCUT2D eigenvalue weighted by molar-refractivity contribution is 6.09. The van der Waals surface area contributed by atoms with E-state index in [4.69, 9.17) is 14.2 Å². The molecular formula is C30H34N2O5. The molecule has 194 valence electrons. The van der Waals surface area contributed by atoms with Gasteiger partial charge in [0.05, 0.1) is 12.7 Å². The monoisotopic (exact) mass is 502 g/mol. The Kier molecular flexibility index (Phi) is 8.01. The van der Waals surface area contributed by atoms with Crippen LogP contribution in [0.4, 0.5) is 10.5 Å². The van der Waals surface area contributed by atoms with Gasteiger partial charge in [-0.1, -0.05) is 36.4 Å². The molecule has 7 heteroatoms.